The molecule has 26 heavy (non-hydrogen) atoms. The Hall–Kier alpha value is -2.08. The van der Waals surface area contributed by atoms with Crippen molar-refractivity contribution in [2.24, 2.45) is 0 Å². The van der Waals surface area contributed by atoms with Gasteiger partial charge in [-0.15, -0.1) is 0 Å². The maximum atomic E-state index is 13.0. The number of para-hydroxylation sites is 1. The molecule has 2 aromatic rings. The lowest BCUT2D eigenvalue weighted by Crippen LogP contribution is -2.49. The molecule has 1 amide bonds. The minimum absolute atomic E-state index is 0.362. The number of carbonyl (C=O) groups is 1. The topological polar surface area (TPSA) is 59.0 Å². The van der Waals surface area contributed by atoms with E-state index in [1.807, 2.05) is 24.3 Å². The fourth-order valence-electron chi connectivity index (χ4n) is 3.55. The fourth-order valence-corrected chi connectivity index (χ4v) is 3.75. The fraction of sp³-hybridized carbons (Fsp3) is 0.350. The van der Waals surface area contributed by atoms with E-state index in [-0.39, 0.29) is 5.91 Å². The van der Waals surface area contributed by atoms with Crippen molar-refractivity contribution >= 4 is 17.5 Å². The zero-order valence-corrected chi connectivity index (χ0v) is 15.0. The van der Waals surface area contributed by atoms with Crippen LogP contribution < -0.4 is 4.74 Å². The Morgan fingerprint density at radius 3 is 2.85 bits per heavy atom. The van der Waals surface area contributed by atoms with Gasteiger partial charge in [0.25, 0.3) is 5.91 Å². The zero-order chi connectivity index (χ0) is 18.1. The minimum Gasteiger partial charge on any atom is -0.483 e. The van der Waals surface area contributed by atoms with Crippen molar-refractivity contribution in [2.75, 3.05) is 19.8 Å². The summed E-state index contributed by atoms with van der Waals surface area (Å²) in [5.74, 6) is 0.407. The van der Waals surface area contributed by atoms with E-state index in [4.69, 9.17) is 21.1 Å². The summed E-state index contributed by atoms with van der Waals surface area (Å²) in [6.45, 7) is 1.78. The van der Waals surface area contributed by atoms with Gasteiger partial charge in [0.15, 0.2) is 11.7 Å². The van der Waals surface area contributed by atoms with Crippen molar-refractivity contribution in [3.63, 3.8) is 0 Å². The van der Waals surface area contributed by atoms with Gasteiger partial charge < -0.3 is 19.5 Å². The molecule has 4 rings (SSSR count). The van der Waals surface area contributed by atoms with Crippen molar-refractivity contribution in [3.8, 4) is 5.75 Å². The lowest BCUT2D eigenvalue weighted by Gasteiger charge is -2.32. The average molecular weight is 374 g/mol. The summed E-state index contributed by atoms with van der Waals surface area (Å²) in [5.41, 5.74) is 0.830. The highest BCUT2D eigenvalue weighted by molar-refractivity contribution is 6.30. The number of hydrogen-bond donors (Lipinski definition) is 1. The van der Waals surface area contributed by atoms with Crippen LogP contribution in [0.15, 0.2) is 48.5 Å². The highest BCUT2D eigenvalue weighted by Crippen LogP contribution is 2.35. The van der Waals surface area contributed by atoms with Gasteiger partial charge in [0, 0.05) is 23.6 Å². The van der Waals surface area contributed by atoms with E-state index < -0.39 is 11.7 Å². The average Bonchev–Trinajstić information content (AvgIpc) is 3.02. The number of amides is 1. The predicted molar refractivity (Wildman–Crippen MR) is 97.1 cm³/mol. The first-order valence-electron chi connectivity index (χ1n) is 8.63. The smallest absolute Gasteiger partial charge is 0.256 e. The molecule has 0 bridgehead atoms. The summed E-state index contributed by atoms with van der Waals surface area (Å²) in [6, 6.07) is 14.4. The molecule has 2 atom stereocenters. The van der Waals surface area contributed by atoms with Gasteiger partial charge in [0.2, 0.25) is 0 Å². The molecule has 2 aliphatic rings. The van der Waals surface area contributed by atoms with Gasteiger partial charge in [-0.2, -0.15) is 0 Å². The molecule has 0 radical (unpaired) electrons. The van der Waals surface area contributed by atoms with Gasteiger partial charge in [-0.05, 0) is 23.8 Å². The second-order valence-electron chi connectivity index (χ2n) is 6.85. The molecule has 0 aromatic heterocycles. The van der Waals surface area contributed by atoms with Gasteiger partial charge in [-0.25, -0.2) is 0 Å². The maximum Gasteiger partial charge on any atom is 0.256 e. The van der Waals surface area contributed by atoms with Crippen LogP contribution in [0.3, 0.4) is 0 Å². The van der Waals surface area contributed by atoms with Crippen LogP contribution in [0.4, 0.5) is 0 Å². The Labute approximate surface area is 157 Å². The van der Waals surface area contributed by atoms with Crippen molar-refractivity contribution in [3.05, 3.63) is 64.7 Å². The molecule has 2 aromatic carbocycles. The van der Waals surface area contributed by atoms with E-state index in [1.165, 1.54) is 0 Å². The number of nitrogens with zero attached hydrogens (tertiary/aromatic N) is 1. The quantitative estimate of drug-likeness (QED) is 0.879. The van der Waals surface area contributed by atoms with E-state index in [0.29, 0.717) is 43.3 Å². The van der Waals surface area contributed by atoms with Gasteiger partial charge in [0.1, 0.15) is 5.75 Å². The highest BCUT2D eigenvalue weighted by atomic mass is 35.5. The van der Waals surface area contributed by atoms with Crippen LogP contribution in [0, 0.1) is 0 Å². The van der Waals surface area contributed by atoms with E-state index in [0.717, 1.165) is 11.3 Å². The number of aliphatic hydroxyl groups excluding tert-OH is 1. The van der Waals surface area contributed by atoms with Crippen LogP contribution in [0.5, 0.6) is 5.75 Å². The van der Waals surface area contributed by atoms with Gasteiger partial charge in [-0.3, -0.25) is 4.79 Å². The third kappa shape index (κ3) is 3.30. The SMILES string of the molecule is O=C(C(O)c1cccc(Cl)c1)N1Cc2ccccc2OC2(CCOC2)C1. The summed E-state index contributed by atoms with van der Waals surface area (Å²) < 4.78 is 11.8. The van der Waals surface area contributed by atoms with E-state index >= 15 is 0 Å². The van der Waals surface area contributed by atoms with E-state index in [9.17, 15) is 9.90 Å². The Balaban J connectivity index is 1.65. The minimum atomic E-state index is -1.27. The van der Waals surface area contributed by atoms with Crippen LogP contribution >= 0.6 is 11.6 Å². The molecule has 2 heterocycles. The van der Waals surface area contributed by atoms with Crippen LogP contribution in [0.2, 0.25) is 5.02 Å². The first-order chi connectivity index (χ1) is 12.6. The molecule has 0 saturated carbocycles. The summed E-state index contributed by atoms with van der Waals surface area (Å²) in [6.07, 6.45) is -0.559. The molecular formula is C20H20ClNO4. The first kappa shape index (κ1) is 17.3. The number of benzene rings is 2. The third-order valence-electron chi connectivity index (χ3n) is 4.92. The number of fused-ring (bicyclic) bond motifs is 1. The summed E-state index contributed by atoms with van der Waals surface area (Å²) in [5, 5.41) is 11.1. The number of hydrogen-bond acceptors (Lipinski definition) is 4. The molecule has 2 aliphatic heterocycles. The molecule has 1 N–H and O–H groups in total. The molecular weight excluding hydrogens is 354 g/mol. The molecule has 1 saturated heterocycles. The van der Waals surface area contributed by atoms with Crippen molar-refractivity contribution in [1.82, 2.24) is 4.90 Å². The second kappa shape index (κ2) is 6.91. The Morgan fingerprint density at radius 1 is 1.23 bits per heavy atom. The number of halogens is 1. The molecule has 2 unspecified atom stereocenters. The third-order valence-corrected chi connectivity index (χ3v) is 5.15. The van der Waals surface area contributed by atoms with Gasteiger partial charge in [-0.1, -0.05) is 41.9 Å². The Kier molecular flexibility index (Phi) is 4.61. The second-order valence-corrected chi connectivity index (χ2v) is 7.28. The highest BCUT2D eigenvalue weighted by Gasteiger charge is 2.43. The van der Waals surface area contributed by atoms with Crippen molar-refractivity contribution in [2.45, 2.75) is 24.7 Å². The molecule has 136 valence electrons. The number of ether oxygens (including phenoxy) is 2. The normalized spacial score (nSPS) is 23.2. The number of rotatable bonds is 2. The number of carbonyl (C=O) groups excluding carboxylic acids is 1. The monoisotopic (exact) mass is 373 g/mol. The lowest BCUT2D eigenvalue weighted by atomic mass is 10.0. The summed E-state index contributed by atoms with van der Waals surface area (Å²) in [7, 11) is 0. The van der Waals surface area contributed by atoms with Crippen molar-refractivity contribution < 1.29 is 19.4 Å². The standard InChI is InChI=1S/C20H20ClNO4/c21-16-6-3-5-14(10-16)18(23)19(24)22-11-15-4-1-2-7-17(15)26-20(12-22)8-9-25-13-20/h1-7,10,18,23H,8-9,11-13H2. The van der Waals surface area contributed by atoms with Gasteiger partial charge >= 0.3 is 0 Å². The zero-order valence-electron chi connectivity index (χ0n) is 14.2. The molecule has 5 nitrogen and oxygen atoms in total. The van der Waals surface area contributed by atoms with Crippen molar-refractivity contribution in [1.29, 1.82) is 0 Å². The predicted octanol–water partition coefficient (Wildman–Crippen LogP) is 2.95. The van der Waals surface area contributed by atoms with Crippen LogP contribution in [-0.4, -0.2) is 41.3 Å². The van der Waals surface area contributed by atoms with Gasteiger partial charge in [0.05, 0.1) is 19.8 Å². The number of aliphatic hydroxyl groups is 1. The Morgan fingerprint density at radius 2 is 2.08 bits per heavy atom. The van der Waals surface area contributed by atoms with Crippen LogP contribution in [0.25, 0.3) is 0 Å². The molecule has 1 fully saturated rings. The first-order valence-corrected chi connectivity index (χ1v) is 9.01. The van der Waals surface area contributed by atoms with E-state index in [1.54, 1.807) is 29.2 Å². The maximum absolute atomic E-state index is 13.0. The summed E-state index contributed by atoms with van der Waals surface area (Å²) in [4.78, 5) is 14.7. The molecule has 1 spiro atoms. The van der Waals surface area contributed by atoms with E-state index in [2.05, 4.69) is 0 Å². The largest absolute Gasteiger partial charge is 0.483 e. The molecule has 0 aliphatic carbocycles. The van der Waals surface area contributed by atoms with Crippen LogP contribution in [-0.2, 0) is 16.1 Å². The van der Waals surface area contributed by atoms with Crippen LogP contribution in [0.1, 0.15) is 23.7 Å². The molecule has 6 heteroatoms. The Bertz CT molecular complexity index is 819. The summed E-state index contributed by atoms with van der Waals surface area (Å²) >= 11 is 6.00. The lowest BCUT2D eigenvalue weighted by molar-refractivity contribution is -0.143.